The predicted molar refractivity (Wildman–Crippen MR) is 130 cm³/mol. The van der Waals surface area contributed by atoms with Crippen molar-refractivity contribution in [3.63, 3.8) is 0 Å². The van der Waals surface area contributed by atoms with Crippen molar-refractivity contribution in [2.24, 2.45) is 0 Å². The van der Waals surface area contributed by atoms with Crippen molar-refractivity contribution in [2.45, 2.75) is 149 Å². The van der Waals surface area contributed by atoms with Gasteiger partial charge in [0.25, 0.3) is 0 Å². The molecule has 0 saturated heterocycles. The van der Waals surface area contributed by atoms with E-state index in [-0.39, 0.29) is 11.9 Å². The predicted octanol–water partition coefficient (Wildman–Crippen LogP) is 8.30. The average molecular weight is 441 g/mol. The zero-order chi connectivity index (χ0) is 22.8. The van der Waals surface area contributed by atoms with Gasteiger partial charge < -0.3 is 9.47 Å². The smallest absolute Gasteiger partial charge is 0.305 e. The van der Waals surface area contributed by atoms with Gasteiger partial charge in [-0.15, -0.1) is 0 Å². The number of hydrogen-bond donors (Lipinski definition) is 0. The molecule has 0 fully saturated rings. The first-order valence-electron chi connectivity index (χ1n) is 13.5. The van der Waals surface area contributed by atoms with Crippen LogP contribution in [0.1, 0.15) is 149 Å². The molecule has 0 heterocycles. The topological polar surface area (TPSA) is 52.6 Å². The molecule has 0 N–H and O–H groups in total. The highest BCUT2D eigenvalue weighted by Gasteiger charge is 2.04. The van der Waals surface area contributed by atoms with Gasteiger partial charge in [0.2, 0.25) is 0 Å². The molecule has 0 saturated carbocycles. The molecule has 0 aliphatic heterocycles. The van der Waals surface area contributed by atoms with Crippen molar-refractivity contribution in [3.8, 4) is 0 Å². The Balaban J connectivity index is 3.24. The summed E-state index contributed by atoms with van der Waals surface area (Å²) in [6.07, 6.45) is 23.3. The van der Waals surface area contributed by atoms with E-state index < -0.39 is 0 Å². The maximum atomic E-state index is 11.7. The summed E-state index contributed by atoms with van der Waals surface area (Å²) in [7, 11) is 0. The normalized spacial score (nSPS) is 10.9. The van der Waals surface area contributed by atoms with Gasteiger partial charge in [-0.05, 0) is 25.7 Å². The molecule has 0 spiro atoms. The number of hydrogen-bond acceptors (Lipinski definition) is 4. The van der Waals surface area contributed by atoms with Crippen molar-refractivity contribution in [3.05, 3.63) is 0 Å². The zero-order valence-corrected chi connectivity index (χ0v) is 20.9. The fourth-order valence-electron chi connectivity index (χ4n) is 3.70. The summed E-state index contributed by atoms with van der Waals surface area (Å²) in [5, 5.41) is 0. The molecule has 0 radical (unpaired) electrons. The maximum absolute atomic E-state index is 11.7. The van der Waals surface area contributed by atoms with E-state index in [9.17, 15) is 9.59 Å². The summed E-state index contributed by atoms with van der Waals surface area (Å²) in [5.41, 5.74) is 0. The highest BCUT2D eigenvalue weighted by molar-refractivity contribution is 5.69. The van der Waals surface area contributed by atoms with Gasteiger partial charge in [0.05, 0.1) is 13.2 Å². The Morgan fingerprint density at radius 2 is 0.710 bits per heavy atom. The van der Waals surface area contributed by atoms with E-state index in [1.165, 1.54) is 70.6 Å². The Hall–Kier alpha value is -1.06. The standard InChI is InChI=1S/C27H52O4/c1-3-5-7-9-16-20-24-30-26(28)22-18-14-12-11-13-15-19-23-27(29)31-25-21-17-10-8-6-4-2/h3-25H2,1-2H3. The quantitative estimate of drug-likeness (QED) is 0.112. The van der Waals surface area contributed by atoms with Crippen molar-refractivity contribution in [1.82, 2.24) is 0 Å². The van der Waals surface area contributed by atoms with Gasteiger partial charge in [-0.1, -0.05) is 110 Å². The number of rotatable bonds is 24. The third-order valence-electron chi connectivity index (χ3n) is 5.78. The van der Waals surface area contributed by atoms with E-state index in [0.717, 1.165) is 51.4 Å². The van der Waals surface area contributed by atoms with Crippen LogP contribution in [0.3, 0.4) is 0 Å². The van der Waals surface area contributed by atoms with Crippen LogP contribution >= 0.6 is 0 Å². The van der Waals surface area contributed by atoms with Crippen LogP contribution in [0.4, 0.5) is 0 Å². The van der Waals surface area contributed by atoms with Crippen LogP contribution in [0.25, 0.3) is 0 Å². The lowest BCUT2D eigenvalue weighted by Gasteiger charge is -2.06. The van der Waals surface area contributed by atoms with E-state index in [2.05, 4.69) is 13.8 Å². The van der Waals surface area contributed by atoms with Crippen LogP contribution < -0.4 is 0 Å². The molecule has 0 aliphatic rings. The van der Waals surface area contributed by atoms with Gasteiger partial charge in [-0.2, -0.15) is 0 Å². The minimum Gasteiger partial charge on any atom is -0.466 e. The summed E-state index contributed by atoms with van der Waals surface area (Å²) < 4.78 is 10.6. The minimum absolute atomic E-state index is 0.0342. The molecule has 0 amide bonds. The lowest BCUT2D eigenvalue weighted by molar-refractivity contribution is -0.144. The Bertz CT molecular complexity index is 359. The third-order valence-corrected chi connectivity index (χ3v) is 5.78. The van der Waals surface area contributed by atoms with Crippen LogP contribution in [-0.4, -0.2) is 25.2 Å². The van der Waals surface area contributed by atoms with Crippen molar-refractivity contribution >= 4 is 11.9 Å². The van der Waals surface area contributed by atoms with E-state index in [0.29, 0.717) is 26.1 Å². The average Bonchev–Trinajstić information content (AvgIpc) is 2.76. The summed E-state index contributed by atoms with van der Waals surface area (Å²) >= 11 is 0. The lowest BCUT2D eigenvalue weighted by atomic mass is 10.1. The largest absolute Gasteiger partial charge is 0.466 e. The molecule has 0 atom stereocenters. The second-order valence-corrected chi connectivity index (χ2v) is 8.95. The van der Waals surface area contributed by atoms with Crippen LogP contribution in [0.2, 0.25) is 0 Å². The Morgan fingerprint density at radius 3 is 1.06 bits per heavy atom. The third kappa shape index (κ3) is 25.1. The summed E-state index contributed by atoms with van der Waals surface area (Å²) in [6.45, 7) is 5.62. The molecule has 0 aromatic carbocycles. The van der Waals surface area contributed by atoms with E-state index in [4.69, 9.17) is 9.47 Å². The van der Waals surface area contributed by atoms with Crippen LogP contribution in [-0.2, 0) is 19.1 Å². The number of unbranched alkanes of at least 4 members (excludes halogenated alkanes) is 16. The monoisotopic (exact) mass is 440 g/mol. The minimum atomic E-state index is -0.0342. The molecule has 4 heteroatoms. The first-order valence-corrected chi connectivity index (χ1v) is 13.5. The summed E-state index contributed by atoms with van der Waals surface area (Å²) in [5.74, 6) is -0.0685. The van der Waals surface area contributed by atoms with Crippen LogP contribution in [0.5, 0.6) is 0 Å². The summed E-state index contributed by atoms with van der Waals surface area (Å²) in [4.78, 5) is 23.4. The van der Waals surface area contributed by atoms with Gasteiger partial charge >= 0.3 is 11.9 Å². The van der Waals surface area contributed by atoms with Gasteiger partial charge in [0, 0.05) is 12.8 Å². The van der Waals surface area contributed by atoms with Crippen LogP contribution in [0, 0.1) is 0 Å². The van der Waals surface area contributed by atoms with Crippen molar-refractivity contribution in [2.75, 3.05) is 13.2 Å². The second-order valence-electron chi connectivity index (χ2n) is 8.95. The molecule has 184 valence electrons. The lowest BCUT2D eigenvalue weighted by Crippen LogP contribution is -2.05. The van der Waals surface area contributed by atoms with E-state index in [1.807, 2.05) is 0 Å². The molecule has 31 heavy (non-hydrogen) atoms. The van der Waals surface area contributed by atoms with Crippen molar-refractivity contribution < 1.29 is 19.1 Å². The molecule has 0 aliphatic carbocycles. The molecule has 0 aromatic heterocycles. The van der Waals surface area contributed by atoms with Gasteiger partial charge in [0.1, 0.15) is 0 Å². The van der Waals surface area contributed by atoms with Gasteiger partial charge in [-0.25, -0.2) is 0 Å². The second kappa shape index (κ2) is 25.2. The molecule has 0 aromatic rings. The number of carbonyl (C=O) groups is 2. The Labute approximate surface area is 193 Å². The summed E-state index contributed by atoms with van der Waals surface area (Å²) in [6, 6.07) is 0. The fraction of sp³-hybridized carbons (Fsp3) is 0.926. The molecular formula is C27H52O4. The fourth-order valence-corrected chi connectivity index (χ4v) is 3.70. The van der Waals surface area contributed by atoms with Crippen molar-refractivity contribution in [1.29, 1.82) is 0 Å². The van der Waals surface area contributed by atoms with E-state index >= 15 is 0 Å². The Kier molecular flexibility index (Phi) is 24.3. The molecule has 0 bridgehead atoms. The first kappa shape index (κ1) is 29.9. The molecule has 0 rings (SSSR count). The number of ether oxygens (including phenoxy) is 2. The van der Waals surface area contributed by atoms with Gasteiger partial charge in [0.15, 0.2) is 0 Å². The van der Waals surface area contributed by atoms with Crippen LogP contribution in [0.15, 0.2) is 0 Å². The Morgan fingerprint density at radius 1 is 0.419 bits per heavy atom. The number of esters is 2. The highest BCUT2D eigenvalue weighted by atomic mass is 16.5. The highest BCUT2D eigenvalue weighted by Crippen LogP contribution is 2.11. The first-order chi connectivity index (χ1) is 15.2. The maximum Gasteiger partial charge on any atom is 0.305 e. The molecule has 4 nitrogen and oxygen atoms in total. The molecule has 0 unspecified atom stereocenters. The van der Waals surface area contributed by atoms with Gasteiger partial charge in [-0.3, -0.25) is 9.59 Å². The zero-order valence-electron chi connectivity index (χ0n) is 20.9. The SMILES string of the molecule is CCCCCCCCOC(=O)CCCCCCCCCC(=O)OCCCCCCCC. The number of carbonyl (C=O) groups excluding carboxylic acids is 2. The molecular weight excluding hydrogens is 388 g/mol. The van der Waals surface area contributed by atoms with E-state index in [1.54, 1.807) is 0 Å².